The number of nitriles is 1. The highest BCUT2D eigenvalue weighted by atomic mass is 35.5. The third-order valence-electron chi connectivity index (χ3n) is 5.71. The fourth-order valence-corrected chi connectivity index (χ4v) is 4.23. The maximum absolute atomic E-state index is 13.6. The Kier molecular flexibility index (Phi) is 6.25. The van der Waals surface area contributed by atoms with Gasteiger partial charge in [0.2, 0.25) is 0 Å². The highest BCUT2D eigenvalue weighted by Gasteiger charge is 2.35. The van der Waals surface area contributed by atoms with Gasteiger partial charge < -0.3 is 10.0 Å². The average Bonchev–Trinajstić information content (AvgIpc) is 2.89. The van der Waals surface area contributed by atoms with Crippen molar-refractivity contribution in [1.29, 1.82) is 5.26 Å². The summed E-state index contributed by atoms with van der Waals surface area (Å²) in [7, 11) is 0. The van der Waals surface area contributed by atoms with Crippen LogP contribution in [0.15, 0.2) is 66.7 Å². The Morgan fingerprint density at radius 2 is 1.82 bits per heavy atom. The molecule has 3 aromatic rings. The predicted octanol–water partition coefficient (Wildman–Crippen LogP) is 4.29. The van der Waals surface area contributed by atoms with Crippen LogP contribution in [0.1, 0.15) is 43.0 Å². The number of ketones is 1. The Hall–Kier alpha value is -3.95. The Balaban J connectivity index is 1.74. The molecule has 1 atom stereocenters. The number of hydrogen-bond donors (Lipinski definition) is 1. The van der Waals surface area contributed by atoms with Crippen LogP contribution in [-0.4, -0.2) is 33.7 Å². The van der Waals surface area contributed by atoms with Gasteiger partial charge in [-0.2, -0.15) is 5.26 Å². The molecule has 33 heavy (non-hydrogen) atoms. The molecule has 0 bridgehead atoms. The van der Waals surface area contributed by atoms with E-state index in [2.05, 4.69) is 6.07 Å². The number of aromatic carboxylic acids is 1. The first kappa shape index (κ1) is 22.3. The molecule has 4 rings (SSSR count). The van der Waals surface area contributed by atoms with Crippen molar-refractivity contribution in [2.24, 2.45) is 0 Å². The molecule has 0 spiro atoms. The van der Waals surface area contributed by atoms with Crippen LogP contribution in [0.3, 0.4) is 0 Å². The average molecular weight is 459 g/mol. The van der Waals surface area contributed by atoms with Crippen molar-refractivity contribution < 1.29 is 19.5 Å². The number of benzene rings is 3. The standard InChI is InChI=1S/C26H19ClN2O4/c27-21-8-9-22-20(12-21)13-24(30)23(11-17-2-1-3-18(10-17)14-28)29(25(22)31)15-16-4-6-19(7-5-16)26(32)33/h1-10,12,23H,11,13,15H2,(H,32,33)/t23-/m1/s1. The third kappa shape index (κ3) is 4.79. The minimum Gasteiger partial charge on any atom is -0.478 e. The molecular weight excluding hydrogens is 440 g/mol. The molecule has 0 radical (unpaired) electrons. The number of Topliss-reactive ketones (excluding diaryl/α,β-unsaturated/α-hetero) is 1. The number of amides is 1. The van der Waals surface area contributed by atoms with Crippen LogP contribution >= 0.6 is 11.6 Å². The van der Waals surface area contributed by atoms with E-state index in [0.717, 1.165) is 5.56 Å². The van der Waals surface area contributed by atoms with Gasteiger partial charge in [-0.1, -0.05) is 35.9 Å². The third-order valence-corrected chi connectivity index (χ3v) is 5.95. The summed E-state index contributed by atoms with van der Waals surface area (Å²) in [6.07, 6.45) is 0.327. The molecule has 0 fully saturated rings. The number of hydrogen-bond acceptors (Lipinski definition) is 4. The Morgan fingerprint density at radius 3 is 2.52 bits per heavy atom. The van der Waals surface area contributed by atoms with Crippen LogP contribution in [0.25, 0.3) is 0 Å². The van der Waals surface area contributed by atoms with Crippen LogP contribution in [-0.2, 0) is 24.2 Å². The van der Waals surface area contributed by atoms with Gasteiger partial charge in [0.25, 0.3) is 5.91 Å². The number of rotatable bonds is 5. The van der Waals surface area contributed by atoms with Crippen molar-refractivity contribution in [3.63, 3.8) is 0 Å². The van der Waals surface area contributed by atoms with Gasteiger partial charge in [0, 0.05) is 30.0 Å². The SMILES string of the molecule is N#Cc1cccc(C[C@@H]2C(=O)Cc3cc(Cl)ccc3C(=O)N2Cc2ccc(C(=O)O)cc2)c1. The van der Waals surface area contributed by atoms with E-state index in [4.69, 9.17) is 16.7 Å². The molecule has 7 heteroatoms. The lowest BCUT2D eigenvalue weighted by molar-refractivity contribution is -0.122. The molecule has 0 saturated carbocycles. The van der Waals surface area contributed by atoms with Gasteiger partial charge in [-0.3, -0.25) is 9.59 Å². The first-order valence-electron chi connectivity index (χ1n) is 10.3. The number of carboxylic acids is 1. The minimum atomic E-state index is -1.04. The lowest BCUT2D eigenvalue weighted by Crippen LogP contribution is -2.44. The lowest BCUT2D eigenvalue weighted by Gasteiger charge is -2.29. The van der Waals surface area contributed by atoms with Crippen LogP contribution in [0, 0.1) is 11.3 Å². The summed E-state index contributed by atoms with van der Waals surface area (Å²) < 4.78 is 0. The van der Waals surface area contributed by atoms with E-state index < -0.39 is 12.0 Å². The summed E-state index contributed by atoms with van der Waals surface area (Å²) >= 11 is 6.12. The second-order valence-electron chi connectivity index (χ2n) is 7.91. The summed E-state index contributed by atoms with van der Waals surface area (Å²) in [5.74, 6) is -1.46. The molecule has 1 aliphatic rings. The molecule has 6 nitrogen and oxygen atoms in total. The zero-order valence-corrected chi connectivity index (χ0v) is 18.2. The van der Waals surface area contributed by atoms with Crippen LogP contribution in [0.2, 0.25) is 5.02 Å². The highest BCUT2D eigenvalue weighted by Crippen LogP contribution is 2.27. The fraction of sp³-hybridized carbons (Fsp3) is 0.154. The molecule has 3 aromatic carbocycles. The molecule has 0 saturated heterocycles. The van der Waals surface area contributed by atoms with Gasteiger partial charge in [0.15, 0.2) is 5.78 Å². The zero-order chi connectivity index (χ0) is 23.5. The summed E-state index contributed by atoms with van der Waals surface area (Å²) in [5.41, 5.74) is 3.09. The Bertz CT molecular complexity index is 1290. The van der Waals surface area contributed by atoms with Crippen molar-refractivity contribution in [2.75, 3.05) is 0 Å². The molecule has 0 aliphatic carbocycles. The minimum absolute atomic E-state index is 0.0681. The van der Waals surface area contributed by atoms with Gasteiger partial charge in [-0.05, 0) is 59.2 Å². The summed E-state index contributed by atoms with van der Waals surface area (Å²) in [6, 6.07) is 19.4. The van der Waals surface area contributed by atoms with Gasteiger partial charge in [0.1, 0.15) is 0 Å². The van der Waals surface area contributed by atoms with E-state index in [9.17, 15) is 19.6 Å². The zero-order valence-electron chi connectivity index (χ0n) is 17.5. The van der Waals surface area contributed by atoms with Crippen molar-refractivity contribution in [3.05, 3.63) is 105 Å². The summed E-state index contributed by atoms with van der Waals surface area (Å²) in [5, 5.41) is 18.8. The van der Waals surface area contributed by atoms with Crippen molar-refractivity contribution in [1.82, 2.24) is 4.90 Å². The quantitative estimate of drug-likeness (QED) is 0.615. The molecule has 1 N–H and O–H groups in total. The number of halogens is 1. The van der Waals surface area contributed by atoms with Crippen LogP contribution < -0.4 is 0 Å². The van der Waals surface area contributed by atoms with E-state index in [0.29, 0.717) is 27.3 Å². The van der Waals surface area contributed by atoms with E-state index in [-0.39, 0.29) is 36.6 Å². The summed E-state index contributed by atoms with van der Waals surface area (Å²) in [4.78, 5) is 39.6. The van der Waals surface area contributed by atoms with Crippen molar-refractivity contribution in [3.8, 4) is 6.07 Å². The largest absolute Gasteiger partial charge is 0.478 e. The van der Waals surface area contributed by atoms with E-state index in [1.165, 1.54) is 17.0 Å². The smallest absolute Gasteiger partial charge is 0.335 e. The number of carbonyl (C=O) groups is 3. The van der Waals surface area contributed by atoms with Crippen molar-refractivity contribution in [2.45, 2.75) is 25.4 Å². The first-order chi connectivity index (χ1) is 15.9. The monoisotopic (exact) mass is 458 g/mol. The number of carboxylic acid groups (broad SMARTS) is 1. The fourth-order valence-electron chi connectivity index (χ4n) is 4.04. The second kappa shape index (κ2) is 9.27. The molecule has 164 valence electrons. The lowest BCUT2D eigenvalue weighted by atomic mass is 9.96. The van der Waals surface area contributed by atoms with Crippen LogP contribution in [0.5, 0.6) is 0 Å². The Morgan fingerprint density at radius 1 is 1.06 bits per heavy atom. The normalized spacial score (nSPS) is 15.5. The first-order valence-corrected chi connectivity index (χ1v) is 10.7. The maximum Gasteiger partial charge on any atom is 0.335 e. The molecule has 0 unspecified atom stereocenters. The topological polar surface area (TPSA) is 98.5 Å². The van der Waals surface area contributed by atoms with Gasteiger partial charge in [-0.25, -0.2) is 4.79 Å². The number of nitrogens with zero attached hydrogens (tertiary/aromatic N) is 2. The van der Waals surface area contributed by atoms with E-state index in [1.807, 2.05) is 6.07 Å². The van der Waals surface area contributed by atoms with Gasteiger partial charge in [-0.15, -0.1) is 0 Å². The van der Waals surface area contributed by atoms with Crippen molar-refractivity contribution >= 4 is 29.3 Å². The molecule has 1 aliphatic heterocycles. The molecular formula is C26H19ClN2O4. The van der Waals surface area contributed by atoms with E-state index >= 15 is 0 Å². The maximum atomic E-state index is 13.6. The molecule has 1 amide bonds. The van der Waals surface area contributed by atoms with Crippen LogP contribution in [0.4, 0.5) is 0 Å². The molecule has 0 aromatic heterocycles. The predicted molar refractivity (Wildman–Crippen MR) is 122 cm³/mol. The number of carbonyl (C=O) groups excluding carboxylic acids is 2. The Labute approximate surface area is 195 Å². The summed E-state index contributed by atoms with van der Waals surface area (Å²) in [6.45, 7) is 0.134. The number of fused-ring (bicyclic) bond motifs is 1. The molecule has 1 heterocycles. The van der Waals surface area contributed by atoms with E-state index in [1.54, 1.807) is 48.5 Å². The van der Waals surface area contributed by atoms with Gasteiger partial charge in [0.05, 0.1) is 23.2 Å². The van der Waals surface area contributed by atoms with Gasteiger partial charge >= 0.3 is 5.97 Å². The highest BCUT2D eigenvalue weighted by molar-refractivity contribution is 6.30. The second-order valence-corrected chi connectivity index (χ2v) is 8.35.